The first-order chi connectivity index (χ1) is 12.8. The normalized spacial score (nSPS) is 12.1. The van der Waals surface area contributed by atoms with E-state index < -0.39 is 35.4 Å². The highest BCUT2D eigenvalue weighted by Crippen LogP contribution is 2.33. The first kappa shape index (κ1) is 17.0. The fourth-order valence-corrected chi connectivity index (χ4v) is 2.96. The molecular formula is C17H11F4N5O. The largest absolute Gasteiger partial charge is 0.416 e. The van der Waals surface area contributed by atoms with Gasteiger partial charge in [0, 0.05) is 5.56 Å². The van der Waals surface area contributed by atoms with Crippen molar-refractivity contribution in [3.05, 3.63) is 69.9 Å². The van der Waals surface area contributed by atoms with Crippen LogP contribution in [0.3, 0.4) is 0 Å². The van der Waals surface area contributed by atoms with Crippen molar-refractivity contribution >= 4 is 22.5 Å². The van der Waals surface area contributed by atoms with Gasteiger partial charge in [-0.2, -0.15) is 13.2 Å². The SMILES string of the molecule is Nc1nc2ccccc2n2c(=O)n(Cc3c(F)cccc3C(F)(F)F)nc12. The third-order valence-electron chi connectivity index (χ3n) is 4.16. The summed E-state index contributed by atoms with van der Waals surface area (Å²) in [6.45, 7) is -0.699. The monoisotopic (exact) mass is 377 g/mol. The Hall–Kier alpha value is -3.43. The van der Waals surface area contributed by atoms with Crippen LogP contribution in [0, 0.1) is 5.82 Å². The average Bonchev–Trinajstić information content (AvgIpc) is 2.93. The smallest absolute Gasteiger partial charge is 0.381 e. The predicted molar refractivity (Wildman–Crippen MR) is 89.7 cm³/mol. The van der Waals surface area contributed by atoms with Gasteiger partial charge in [-0.1, -0.05) is 18.2 Å². The van der Waals surface area contributed by atoms with Crippen LogP contribution in [0.4, 0.5) is 23.4 Å². The van der Waals surface area contributed by atoms with Gasteiger partial charge in [-0.05, 0) is 24.3 Å². The van der Waals surface area contributed by atoms with Gasteiger partial charge in [-0.15, -0.1) is 5.10 Å². The van der Waals surface area contributed by atoms with Crippen molar-refractivity contribution in [2.45, 2.75) is 12.7 Å². The summed E-state index contributed by atoms with van der Waals surface area (Å²) >= 11 is 0. The second-order valence-corrected chi connectivity index (χ2v) is 5.85. The Balaban J connectivity index is 1.96. The molecule has 0 aliphatic rings. The molecule has 2 N–H and O–H groups in total. The quantitative estimate of drug-likeness (QED) is 0.545. The number of aromatic nitrogens is 4. The first-order valence-corrected chi connectivity index (χ1v) is 7.76. The summed E-state index contributed by atoms with van der Waals surface area (Å²) in [7, 11) is 0. The van der Waals surface area contributed by atoms with Crippen molar-refractivity contribution in [3.8, 4) is 0 Å². The van der Waals surface area contributed by atoms with Crippen LogP contribution in [-0.4, -0.2) is 19.2 Å². The van der Waals surface area contributed by atoms with Crippen molar-refractivity contribution in [3.63, 3.8) is 0 Å². The third kappa shape index (κ3) is 2.69. The molecule has 0 spiro atoms. The molecule has 0 aliphatic carbocycles. The number of alkyl halides is 3. The second kappa shape index (κ2) is 5.79. The van der Waals surface area contributed by atoms with Crippen LogP contribution in [-0.2, 0) is 12.7 Å². The lowest BCUT2D eigenvalue weighted by Crippen LogP contribution is -2.24. The van der Waals surface area contributed by atoms with Gasteiger partial charge in [0.15, 0.2) is 5.82 Å². The Morgan fingerprint density at radius 2 is 1.81 bits per heavy atom. The maximum Gasteiger partial charge on any atom is 0.416 e. The molecule has 2 aromatic heterocycles. The fraction of sp³-hybridized carbons (Fsp3) is 0.118. The molecule has 2 heterocycles. The molecule has 0 saturated carbocycles. The zero-order valence-electron chi connectivity index (χ0n) is 13.5. The van der Waals surface area contributed by atoms with Crippen LogP contribution >= 0.6 is 0 Å². The maximum absolute atomic E-state index is 14.1. The number of hydrogen-bond acceptors (Lipinski definition) is 4. The van der Waals surface area contributed by atoms with E-state index in [0.29, 0.717) is 11.0 Å². The summed E-state index contributed by atoms with van der Waals surface area (Å²) < 4.78 is 55.6. The van der Waals surface area contributed by atoms with Crippen molar-refractivity contribution in [2.24, 2.45) is 0 Å². The van der Waals surface area contributed by atoms with E-state index >= 15 is 0 Å². The standard InChI is InChI=1S/C17H11F4N5O/c18-11-5-3-4-10(17(19,20)21)9(11)8-25-16(27)26-13-7-2-1-6-12(13)23-14(22)15(26)24-25/h1-7H,8H2,(H2,22,23). The van der Waals surface area contributed by atoms with Gasteiger partial charge in [0.05, 0.1) is 23.1 Å². The van der Waals surface area contributed by atoms with Crippen LogP contribution in [0.15, 0.2) is 47.3 Å². The van der Waals surface area contributed by atoms with E-state index in [9.17, 15) is 22.4 Å². The molecular weight excluding hydrogens is 366 g/mol. The minimum Gasteiger partial charge on any atom is -0.381 e. The molecule has 4 aromatic rings. The predicted octanol–water partition coefficient (Wildman–Crippen LogP) is 2.83. The molecule has 10 heteroatoms. The molecule has 0 aliphatic heterocycles. The number of rotatable bonds is 2. The van der Waals surface area contributed by atoms with Crippen molar-refractivity contribution in [2.75, 3.05) is 5.73 Å². The van der Waals surface area contributed by atoms with Crippen molar-refractivity contribution < 1.29 is 17.6 Å². The fourth-order valence-electron chi connectivity index (χ4n) is 2.96. The number of halogens is 4. The number of hydrogen-bond donors (Lipinski definition) is 1. The van der Waals surface area contributed by atoms with E-state index in [0.717, 1.165) is 27.3 Å². The number of para-hydroxylation sites is 2. The molecule has 0 fully saturated rings. The zero-order chi connectivity index (χ0) is 19.3. The summed E-state index contributed by atoms with van der Waals surface area (Å²) in [6, 6.07) is 9.22. The highest BCUT2D eigenvalue weighted by atomic mass is 19.4. The molecule has 0 radical (unpaired) electrons. The molecule has 138 valence electrons. The number of anilines is 1. The Morgan fingerprint density at radius 3 is 2.56 bits per heavy atom. The summed E-state index contributed by atoms with van der Waals surface area (Å²) in [4.78, 5) is 16.9. The molecule has 0 atom stereocenters. The van der Waals surface area contributed by atoms with E-state index in [-0.39, 0.29) is 11.5 Å². The van der Waals surface area contributed by atoms with Crippen LogP contribution in [0.25, 0.3) is 16.7 Å². The van der Waals surface area contributed by atoms with E-state index in [1.165, 1.54) is 0 Å². The Morgan fingerprint density at radius 1 is 1.07 bits per heavy atom. The molecule has 0 unspecified atom stereocenters. The van der Waals surface area contributed by atoms with E-state index in [2.05, 4.69) is 10.1 Å². The maximum atomic E-state index is 14.1. The van der Waals surface area contributed by atoms with Crippen LogP contribution in [0.1, 0.15) is 11.1 Å². The summed E-state index contributed by atoms with van der Waals surface area (Å²) in [6.07, 6.45) is -4.77. The second-order valence-electron chi connectivity index (χ2n) is 5.85. The Bertz CT molecular complexity index is 1240. The topological polar surface area (TPSA) is 78.2 Å². The number of fused-ring (bicyclic) bond motifs is 3. The lowest BCUT2D eigenvalue weighted by molar-refractivity contribution is -0.138. The van der Waals surface area contributed by atoms with Crippen LogP contribution < -0.4 is 11.4 Å². The van der Waals surface area contributed by atoms with Crippen LogP contribution in [0.5, 0.6) is 0 Å². The van der Waals surface area contributed by atoms with Crippen molar-refractivity contribution in [1.82, 2.24) is 19.2 Å². The number of nitrogens with zero attached hydrogens (tertiary/aromatic N) is 4. The highest BCUT2D eigenvalue weighted by Gasteiger charge is 2.34. The van der Waals surface area contributed by atoms with Crippen LogP contribution in [0.2, 0.25) is 0 Å². The molecule has 2 aromatic carbocycles. The Labute approximate surface area is 148 Å². The molecule has 4 rings (SSSR count). The molecule has 0 amide bonds. The lowest BCUT2D eigenvalue weighted by Gasteiger charge is -2.13. The minimum absolute atomic E-state index is 0.0106. The van der Waals surface area contributed by atoms with Crippen molar-refractivity contribution in [1.29, 1.82) is 0 Å². The zero-order valence-corrected chi connectivity index (χ0v) is 13.5. The minimum atomic E-state index is -4.77. The Kier molecular flexibility index (Phi) is 3.65. The highest BCUT2D eigenvalue weighted by molar-refractivity contribution is 5.81. The summed E-state index contributed by atoms with van der Waals surface area (Å²) in [5, 5.41) is 3.97. The van der Waals surface area contributed by atoms with Gasteiger partial charge in [-0.3, -0.25) is 0 Å². The lowest BCUT2D eigenvalue weighted by atomic mass is 10.1. The first-order valence-electron chi connectivity index (χ1n) is 7.76. The van der Waals surface area contributed by atoms with Gasteiger partial charge < -0.3 is 5.73 Å². The molecule has 27 heavy (non-hydrogen) atoms. The van der Waals surface area contributed by atoms with Gasteiger partial charge >= 0.3 is 11.9 Å². The van der Waals surface area contributed by atoms with E-state index in [1.54, 1.807) is 24.3 Å². The van der Waals surface area contributed by atoms with Gasteiger partial charge in [-0.25, -0.2) is 23.3 Å². The third-order valence-corrected chi connectivity index (χ3v) is 4.16. The number of nitrogen functional groups attached to an aromatic ring is 1. The molecule has 0 saturated heterocycles. The summed E-state index contributed by atoms with van der Waals surface area (Å²) in [5.41, 5.74) is 4.05. The molecule has 0 bridgehead atoms. The van der Waals surface area contributed by atoms with Gasteiger partial charge in [0.25, 0.3) is 0 Å². The van der Waals surface area contributed by atoms with E-state index in [4.69, 9.17) is 5.73 Å². The average molecular weight is 377 g/mol. The van der Waals surface area contributed by atoms with Gasteiger partial charge in [0.1, 0.15) is 5.82 Å². The van der Waals surface area contributed by atoms with Gasteiger partial charge in [0.2, 0.25) is 5.65 Å². The number of nitrogens with two attached hydrogens (primary N) is 1. The molecule has 6 nitrogen and oxygen atoms in total. The van der Waals surface area contributed by atoms with E-state index in [1.807, 2.05) is 0 Å². The number of benzene rings is 2. The summed E-state index contributed by atoms with van der Waals surface area (Å²) in [5.74, 6) is -1.14.